The van der Waals surface area contributed by atoms with Crippen LogP contribution in [0, 0.1) is 0 Å². The third kappa shape index (κ3) is 2.63. The third-order valence-electron chi connectivity index (χ3n) is 1.93. The van der Waals surface area contributed by atoms with E-state index in [1.165, 1.54) is 7.11 Å². The molecule has 0 unspecified atom stereocenters. The van der Waals surface area contributed by atoms with Crippen molar-refractivity contribution in [3.8, 4) is 0 Å². The van der Waals surface area contributed by atoms with Gasteiger partial charge in [-0.15, -0.1) is 0 Å². The van der Waals surface area contributed by atoms with Crippen molar-refractivity contribution in [2.45, 2.75) is 0 Å². The van der Waals surface area contributed by atoms with Gasteiger partial charge in [0, 0.05) is 18.6 Å². The van der Waals surface area contributed by atoms with Gasteiger partial charge in [-0.1, -0.05) is 11.6 Å². The second-order valence-electron chi connectivity index (χ2n) is 3.17. The number of methoxy groups -OCH3 is 1. The number of carbonyl (C=O) groups excluding carboxylic acids is 1. The van der Waals surface area contributed by atoms with Gasteiger partial charge in [-0.05, 0) is 28.1 Å². The largest absolute Gasteiger partial charge is 0.465 e. The lowest BCUT2D eigenvalue weighted by molar-refractivity contribution is 0.0601. The van der Waals surface area contributed by atoms with Gasteiger partial charge in [0.15, 0.2) is 0 Å². The van der Waals surface area contributed by atoms with Gasteiger partial charge in [-0.25, -0.2) is 4.79 Å². The van der Waals surface area contributed by atoms with Crippen LogP contribution in [0.5, 0.6) is 0 Å². The van der Waals surface area contributed by atoms with Crippen LogP contribution >= 0.6 is 27.5 Å². The van der Waals surface area contributed by atoms with Crippen molar-refractivity contribution in [2.75, 3.05) is 26.1 Å². The minimum absolute atomic E-state index is 0.395. The minimum Gasteiger partial charge on any atom is -0.465 e. The summed E-state index contributed by atoms with van der Waals surface area (Å²) in [5.74, 6) is -0.395. The smallest absolute Gasteiger partial charge is 0.340 e. The SMILES string of the molecule is COC(=O)c1cc(Cl)c(Br)cc1N(C)C. The van der Waals surface area contributed by atoms with Gasteiger partial charge in [0.1, 0.15) is 0 Å². The summed E-state index contributed by atoms with van der Waals surface area (Å²) >= 11 is 9.23. The highest BCUT2D eigenvalue weighted by Crippen LogP contribution is 2.31. The zero-order valence-electron chi connectivity index (χ0n) is 8.67. The molecule has 1 aromatic rings. The molecule has 0 atom stereocenters. The van der Waals surface area contributed by atoms with Gasteiger partial charge in [0.2, 0.25) is 0 Å². The zero-order chi connectivity index (χ0) is 11.6. The number of nitrogens with zero attached hydrogens (tertiary/aromatic N) is 1. The lowest BCUT2D eigenvalue weighted by atomic mass is 10.1. The molecular weight excluding hydrogens is 281 g/mol. The van der Waals surface area contributed by atoms with E-state index in [0.29, 0.717) is 10.6 Å². The first-order valence-corrected chi connectivity index (χ1v) is 5.39. The first-order chi connectivity index (χ1) is 6.97. The van der Waals surface area contributed by atoms with E-state index < -0.39 is 5.97 Å². The van der Waals surface area contributed by atoms with Gasteiger partial charge < -0.3 is 9.64 Å². The number of halogens is 2. The molecule has 0 aromatic heterocycles. The molecule has 82 valence electrons. The van der Waals surface area contributed by atoms with Crippen LogP contribution in [-0.4, -0.2) is 27.2 Å². The number of carbonyl (C=O) groups is 1. The van der Waals surface area contributed by atoms with Crippen LogP contribution in [0.15, 0.2) is 16.6 Å². The molecular formula is C10H11BrClNO2. The predicted octanol–water partition coefficient (Wildman–Crippen LogP) is 2.96. The molecule has 0 fully saturated rings. The zero-order valence-corrected chi connectivity index (χ0v) is 11.0. The van der Waals surface area contributed by atoms with Crippen molar-refractivity contribution in [1.29, 1.82) is 0 Å². The number of benzene rings is 1. The van der Waals surface area contributed by atoms with Gasteiger partial charge in [-0.3, -0.25) is 0 Å². The van der Waals surface area contributed by atoms with Gasteiger partial charge in [0.25, 0.3) is 0 Å². The van der Waals surface area contributed by atoms with Crippen LogP contribution in [0.1, 0.15) is 10.4 Å². The van der Waals surface area contributed by atoms with E-state index in [1.54, 1.807) is 12.1 Å². The van der Waals surface area contributed by atoms with E-state index in [4.69, 9.17) is 11.6 Å². The Hall–Kier alpha value is -0.740. The highest BCUT2D eigenvalue weighted by Gasteiger charge is 2.15. The van der Waals surface area contributed by atoms with Gasteiger partial charge >= 0.3 is 5.97 Å². The molecule has 0 saturated carbocycles. The second-order valence-corrected chi connectivity index (χ2v) is 4.43. The molecule has 0 heterocycles. The Kier molecular flexibility index (Phi) is 3.99. The molecule has 0 saturated heterocycles. The van der Waals surface area contributed by atoms with Crippen molar-refractivity contribution < 1.29 is 9.53 Å². The van der Waals surface area contributed by atoms with Crippen LogP contribution in [0.3, 0.4) is 0 Å². The first-order valence-electron chi connectivity index (χ1n) is 4.22. The Morgan fingerprint density at radius 1 is 1.47 bits per heavy atom. The fraction of sp³-hybridized carbons (Fsp3) is 0.300. The van der Waals surface area contributed by atoms with Crippen molar-refractivity contribution in [3.63, 3.8) is 0 Å². The standard InChI is InChI=1S/C10H11BrClNO2/c1-13(2)9-5-7(11)8(12)4-6(9)10(14)15-3/h4-5H,1-3H3. The lowest BCUT2D eigenvalue weighted by Gasteiger charge is -2.17. The maximum Gasteiger partial charge on any atom is 0.340 e. The Morgan fingerprint density at radius 2 is 2.07 bits per heavy atom. The summed E-state index contributed by atoms with van der Waals surface area (Å²) in [5, 5.41) is 0.487. The molecule has 0 N–H and O–H groups in total. The van der Waals surface area contributed by atoms with Gasteiger partial charge in [0.05, 0.1) is 23.4 Å². The van der Waals surface area contributed by atoms with E-state index in [1.807, 2.05) is 19.0 Å². The number of ether oxygens (including phenoxy) is 1. The predicted molar refractivity (Wildman–Crippen MR) is 64.8 cm³/mol. The molecule has 0 spiro atoms. The summed E-state index contributed by atoms with van der Waals surface area (Å²) in [6, 6.07) is 3.38. The van der Waals surface area contributed by atoms with E-state index >= 15 is 0 Å². The molecule has 3 nitrogen and oxygen atoms in total. The van der Waals surface area contributed by atoms with Crippen molar-refractivity contribution in [1.82, 2.24) is 0 Å². The fourth-order valence-electron chi connectivity index (χ4n) is 1.18. The summed E-state index contributed by atoms with van der Waals surface area (Å²) in [7, 11) is 5.04. The molecule has 15 heavy (non-hydrogen) atoms. The van der Waals surface area contributed by atoms with Crippen molar-refractivity contribution in [2.24, 2.45) is 0 Å². The normalized spacial score (nSPS) is 9.93. The highest BCUT2D eigenvalue weighted by molar-refractivity contribution is 9.10. The van der Waals surface area contributed by atoms with Crippen LogP contribution in [0.4, 0.5) is 5.69 Å². The topological polar surface area (TPSA) is 29.5 Å². The number of hydrogen-bond acceptors (Lipinski definition) is 3. The molecule has 0 aliphatic heterocycles. The molecule has 0 bridgehead atoms. The maximum absolute atomic E-state index is 11.5. The fourth-order valence-corrected chi connectivity index (χ4v) is 1.67. The summed E-state index contributed by atoms with van der Waals surface area (Å²) in [6.07, 6.45) is 0. The van der Waals surface area contributed by atoms with Crippen LogP contribution in [-0.2, 0) is 4.74 Å². The average molecular weight is 293 g/mol. The van der Waals surface area contributed by atoms with E-state index in [2.05, 4.69) is 20.7 Å². The number of anilines is 1. The monoisotopic (exact) mass is 291 g/mol. The van der Waals surface area contributed by atoms with E-state index in [0.717, 1.165) is 10.2 Å². The Labute approximate surface area is 102 Å². The molecule has 0 aliphatic carbocycles. The quantitative estimate of drug-likeness (QED) is 0.785. The maximum atomic E-state index is 11.5. The number of rotatable bonds is 2. The number of hydrogen-bond donors (Lipinski definition) is 0. The van der Waals surface area contributed by atoms with Gasteiger partial charge in [-0.2, -0.15) is 0 Å². The second kappa shape index (κ2) is 4.86. The third-order valence-corrected chi connectivity index (χ3v) is 3.12. The Morgan fingerprint density at radius 3 is 2.53 bits per heavy atom. The molecule has 0 amide bonds. The van der Waals surface area contributed by atoms with E-state index in [9.17, 15) is 4.79 Å². The Balaban J connectivity index is 3.34. The summed E-state index contributed by atoms with van der Waals surface area (Å²) < 4.78 is 5.43. The first kappa shape index (κ1) is 12.3. The molecule has 1 aromatic carbocycles. The summed E-state index contributed by atoms with van der Waals surface area (Å²) in [6.45, 7) is 0. The average Bonchev–Trinajstić information content (AvgIpc) is 2.20. The lowest BCUT2D eigenvalue weighted by Crippen LogP contribution is -2.14. The Bertz CT molecular complexity index is 393. The summed E-state index contributed by atoms with van der Waals surface area (Å²) in [5.41, 5.74) is 1.22. The molecule has 0 aliphatic rings. The van der Waals surface area contributed by atoms with Crippen molar-refractivity contribution >= 4 is 39.2 Å². The summed E-state index contributed by atoms with van der Waals surface area (Å²) in [4.78, 5) is 13.3. The molecule has 1 rings (SSSR count). The van der Waals surface area contributed by atoms with E-state index in [-0.39, 0.29) is 0 Å². The van der Waals surface area contributed by atoms with Crippen molar-refractivity contribution in [3.05, 3.63) is 27.2 Å². The van der Waals surface area contributed by atoms with Crippen LogP contribution in [0.2, 0.25) is 5.02 Å². The van der Waals surface area contributed by atoms with Crippen LogP contribution in [0.25, 0.3) is 0 Å². The molecule has 5 heteroatoms. The molecule has 0 radical (unpaired) electrons. The highest BCUT2D eigenvalue weighted by atomic mass is 79.9. The number of esters is 1. The van der Waals surface area contributed by atoms with Crippen LogP contribution < -0.4 is 4.90 Å². The minimum atomic E-state index is -0.395.